The van der Waals surface area contributed by atoms with Crippen molar-refractivity contribution in [3.05, 3.63) is 89.3 Å². The molecule has 2 N–H and O–H groups in total. The number of anilines is 2. The highest BCUT2D eigenvalue weighted by Gasteiger charge is 2.28. The summed E-state index contributed by atoms with van der Waals surface area (Å²) in [4.78, 5) is 18.5. The molecule has 270 valence electrons. The van der Waals surface area contributed by atoms with Gasteiger partial charge in [-0.05, 0) is 104 Å². The van der Waals surface area contributed by atoms with E-state index in [2.05, 4.69) is 99.1 Å². The third-order valence-corrected chi connectivity index (χ3v) is 9.79. The van der Waals surface area contributed by atoms with E-state index < -0.39 is 0 Å². The minimum atomic E-state index is -0.104. The Bertz CT molecular complexity index is 1700. The van der Waals surface area contributed by atoms with Crippen molar-refractivity contribution in [2.45, 2.75) is 71.0 Å². The summed E-state index contributed by atoms with van der Waals surface area (Å²) in [6, 6.07) is 23.2. The number of hydrogen-bond donors (Lipinski definition) is 2. The van der Waals surface area contributed by atoms with E-state index in [0.717, 1.165) is 92.3 Å². The van der Waals surface area contributed by atoms with Crippen LogP contribution in [0.2, 0.25) is 0 Å². The van der Waals surface area contributed by atoms with Crippen LogP contribution in [-0.4, -0.2) is 84.1 Å². The molecule has 3 heterocycles. The molecular weight excluding hydrogens is 642 g/mol. The van der Waals surface area contributed by atoms with Crippen LogP contribution >= 0.6 is 0 Å². The van der Waals surface area contributed by atoms with Crippen molar-refractivity contribution in [3.63, 3.8) is 0 Å². The molecule has 0 saturated carbocycles. The van der Waals surface area contributed by atoms with Gasteiger partial charge in [-0.15, -0.1) is 10.2 Å². The van der Waals surface area contributed by atoms with E-state index in [1.54, 1.807) is 0 Å². The minimum absolute atomic E-state index is 0.0987. The number of amides is 1. The minimum Gasteiger partial charge on any atom is -0.491 e. The number of nitrogens with one attached hydrogen (secondary N) is 2. The molecule has 0 aliphatic carbocycles. The summed E-state index contributed by atoms with van der Waals surface area (Å²) in [7, 11) is 2.18. The molecule has 1 aromatic heterocycles. The zero-order chi connectivity index (χ0) is 35.4. The Morgan fingerprint density at radius 3 is 2.53 bits per heavy atom. The lowest BCUT2D eigenvalue weighted by Crippen LogP contribution is -2.36. The Morgan fingerprint density at radius 1 is 1.02 bits per heavy atom. The number of aromatic nitrogens is 4. The summed E-state index contributed by atoms with van der Waals surface area (Å²) in [5.74, 6) is 1.34. The van der Waals surface area contributed by atoms with Crippen molar-refractivity contribution in [2.24, 2.45) is 0 Å². The number of tetrazole rings is 1. The van der Waals surface area contributed by atoms with E-state index >= 15 is 0 Å². The van der Waals surface area contributed by atoms with Crippen LogP contribution in [0, 0.1) is 0 Å². The Balaban J connectivity index is 1.18. The second kappa shape index (κ2) is 18.1. The molecule has 0 bridgehead atoms. The molecule has 1 unspecified atom stereocenters. The van der Waals surface area contributed by atoms with Gasteiger partial charge in [-0.25, -0.2) is 0 Å². The SMILES string of the molecule is CCCCOCCOc1ccc(-c2ccc3c(c2)C=C(C(=O)Nc2ccc(CN(C)C4CCOCC4)cc2)CCN3C(CC)c2nn[nH]n2)cc1. The molecule has 1 amide bonds. The van der Waals surface area contributed by atoms with Crippen LogP contribution in [0.25, 0.3) is 17.2 Å². The van der Waals surface area contributed by atoms with E-state index in [1.165, 1.54) is 5.56 Å². The van der Waals surface area contributed by atoms with Crippen molar-refractivity contribution >= 4 is 23.4 Å². The first-order chi connectivity index (χ1) is 25.0. The number of nitrogens with zero attached hydrogens (tertiary/aromatic N) is 5. The van der Waals surface area contributed by atoms with Gasteiger partial charge in [0.15, 0.2) is 5.82 Å². The van der Waals surface area contributed by atoms with E-state index in [-0.39, 0.29) is 11.9 Å². The van der Waals surface area contributed by atoms with Gasteiger partial charge in [-0.2, -0.15) is 5.21 Å². The molecule has 2 aliphatic heterocycles. The van der Waals surface area contributed by atoms with Gasteiger partial charge in [0.1, 0.15) is 12.4 Å². The highest BCUT2D eigenvalue weighted by Crippen LogP contribution is 2.37. The average Bonchev–Trinajstić information content (AvgIpc) is 3.63. The van der Waals surface area contributed by atoms with Crippen molar-refractivity contribution in [1.82, 2.24) is 25.5 Å². The maximum atomic E-state index is 13.8. The number of ether oxygens (including phenoxy) is 3. The van der Waals surface area contributed by atoms with E-state index in [1.807, 2.05) is 30.3 Å². The summed E-state index contributed by atoms with van der Waals surface area (Å²) >= 11 is 0. The van der Waals surface area contributed by atoms with Crippen LogP contribution < -0.4 is 15.0 Å². The number of H-pyrrole nitrogens is 1. The van der Waals surface area contributed by atoms with Crippen LogP contribution in [0.5, 0.6) is 5.75 Å². The fourth-order valence-electron chi connectivity index (χ4n) is 6.85. The van der Waals surface area contributed by atoms with E-state index in [9.17, 15) is 4.79 Å². The number of aromatic amines is 1. The van der Waals surface area contributed by atoms with Crippen LogP contribution in [0.1, 0.15) is 75.4 Å². The van der Waals surface area contributed by atoms with Crippen molar-refractivity contribution < 1.29 is 19.0 Å². The fraction of sp³-hybridized carbons (Fsp3) is 0.450. The van der Waals surface area contributed by atoms with E-state index in [4.69, 9.17) is 14.2 Å². The lowest BCUT2D eigenvalue weighted by Gasteiger charge is -2.31. The molecule has 4 aromatic rings. The molecule has 11 heteroatoms. The predicted molar refractivity (Wildman–Crippen MR) is 201 cm³/mol. The molecule has 6 rings (SSSR count). The zero-order valence-electron chi connectivity index (χ0n) is 30.1. The number of benzene rings is 3. The van der Waals surface area contributed by atoms with Crippen molar-refractivity contribution in [1.29, 1.82) is 0 Å². The standard InChI is InChI=1S/C40H51N7O4/c1-4-6-21-49-24-25-51-36-14-9-30(10-15-36)31-11-16-38-33(26-31)27-32(17-20-47(38)37(5-2)39-42-44-45-43-39)40(48)41-34-12-7-29(8-13-34)28-46(3)35-18-22-50-23-19-35/h7-16,26-27,35,37H,4-6,17-25,28H2,1-3H3,(H,41,48)(H,42,43,44,45). The molecule has 11 nitrogen and oxygen atoms in total. The highest BCUT2D eigenvalue weighted by atomic mass is 16.5. The van der Waals surface area contributed by atoms with Gasteiger partial charge in [0.05, 0.1) is 12.6 Å². The Hall–Kier alpha value is -4.58. The van der Waals surface area contributed by atoms with Gasteiger partial charge in [-0.3, -0.25) is 9.69 Å². The molecule has 51 heavy (non-hydrogen) atoms. The number of carbonyl (C=O) groups is 1. The largest absolute Gasteiger partial charge is 0.491 e. The van der Waals surface area contributed by atoms with Crippen molar-refractivity contribution in [3.8, 4) is 16.9 Å². The first-order valence-corrected chi connectivity index (χ1v) is 18.4. The second-order valence-corrected chi connectivity index (χ2v) is 13.3. The first-order valence-electron chi connectivity index (χ1n) is 18.4. The Labute approximate surface area is 301 Å². The quantitative estimate of drug-likeness (QED) is 0.119. The average molecular weight is 694 g/mol. The first kappa shape index (κ1) is 36.2. The van der Waals surface area contributed by atoms with Crippen molar-refractivity contribution in [2.75, 3.05) is 56.8 Å². The van der Waals surface area contributed by atoms with E-state index in [0.29, 0.717) is 43.6 Å². The topological polar surface area (TPSA) is 118 Å². The molecule has 3 aromatic carbocycles. The van der Waals surface area contributed by atoms with Crippen LogP contribution in [-0.2, 0) is 20.8 Å². The zero-order valence-corrected chi connectivity index (χ0v) is 30.1. The van der Waals surface area contributed by atoms with Gasteiger partial charge >= 0.3 is 0 Å². The van der Waals surface area contributed by atoms with Gasteiger partial charge < -0.3 is 24.4 Å². The number of carbonyl (C=O) groups excluding carboxylic acids is 1. The summed E-state index contributed by atoms with van der Waals surface area (Å²) < 4.78 is 17.1. The highest BCUT2D eigenvalue weighted by molar-refractivity contribution is 6.07. The number of unbranched alkanes of at least 4 members (excludes halogenated alkanes) is 1. The van der Waals surface area contributed by atoms with Crippen LogP contribution in [0.3, 0.4) is 0 Å². The summed E-state index contributed by atoms with van der Waals surface area (Å²) in [5, 5.41) is 18.3. The number of fused-ring (bicyclic) bond motifs is 1. The molecule has 1 saturated heterocycles. The van der Waals surface area contributed by atoms with Gasteiger partial charge in [-0.1, -0.05) is 55.8 Å². The van der Waals surface area contributed by atoms with Gasteiger partial charge in [0, 0.05) is 55.9 Å². The molecule has 2 aliphatic rings. The lowest BCUT2D eigenvalue weighted by atomic mass is 9.99. The molecule has 0 spiro atoms. The molecule has 1 atom stereocenters. The van der Waals surface area contributed by atoms with Crippen LogP contribution in [0.15, 0.2) is 72.3 Å². The third kappa shape index (κ3) is 9.61. The summed E-state index contributed by atoms with van der Waals surface area (Å²) in [6.45, 7) is 9.28. The molecular formula is C40H51N7O4. The Morgan fingerprint density at radius 2 is 1.80 bits per heavy atom. The lowest BCUT2D eigenvalue weighted by molar-refractivity contribution is -0.112. The number of rotatable bonds is 16. The summed E-state index contributed by atoms with van der Waals surface area (Å²) in [5.41, 5.74) is 6.82. The second-order valence-electron chi connectivity index (χ2n) is 13.3. The van der Waals surface area contributed by atoms with Gasteiger partial charge in [0.2, 0.25) is 0 Å². The monoisotopic (exact) mass is 693 g/mol. The summed E-state index contributed by atoms with van der Waals surface area (Å²) in [6.07, 6.45) is 7.68. The normalized spacial score (nSPS) is 15.6. The van der Waals surface area contributed by atoms with Gasteiger partial charge in [0.25, 0.3) is 5.91 Å². The molecule has 0 radical (unpaired) electrons. The maximum Gasteiger partial charge on any atom is 0.251 e. The fourth-order valence-corrected chi connectivity index (χ4v) is 6.85. The smallest absolute Gasteiger partial charge is 0.251 e. The maximum absolute atomic E-state index is 13.8. The number of hydrogen-bond acceptors (Lipinski definition) is 9. The predicted octanol–water partition coefficient (Wildman–Crippen LogP) is 7.06. The molecule has 1 fully saturated rings. The third-order valence-electron chi connectivity index (χ3n) is 9.79. The Kier molecular flexibility index (Phi) is 12.8. The van der Waals surface area contributed by atoms with Crippen LogP contribution in [0.4, 0.5) is 11.4 Å².